The zero-order chi connectivity index (χ0) is 19.1. The molecule has 1 aromatic heterocycles. The number of rotatable bonds is 3. The Balaban J connectivity index is 0.00000196. The van der Waals surface area contributed by atoms with Gasteiger partial charge in [0.1, 0.15) is 0 Å². The van der Waals surface area contributed by atoms with Crippen LogP contribution in [0.15, 0.2) is 59.5 Å². The van der Waals surface area contributed by atoms with Crippen LogP contribution in [0.5, 0.6) is 0 Å². The van der Waals surface area contributed by atoms with Crippen LogP contribution in [0.3, 0.4) is 0 Å². The fourth-order valence-electron chi connectivity index (χ4n) is 2.42. The van der Waals surface area contributed by atoms with Crippen molar-refractivity contribution in [2.45, 2.75) is 18.0 Å². The molecule has 146 valence electrons. The van der Waals surface area contributed by atoms with Gasteiger partial charge in [-0.3, -0.25) is 0 Å². The predicted molar refractivity (Wildman–Crippen MR) is 101 cm³/mol. The fourth-order valence-corrected chi connectivity index (χ4v) is 2.94. The average molecular weight is 440 g/mol. The summed E-state index contributed by atoms with van der Waals surface area (Å²) in [5.41, 5.74) is 0.996. The zero-order valence-electron chi connectivity index (χ0n) is 14.0. The zero-order valence-corrected chi connectivity index (χ0v) is 14.8. The Morgan fingerprint density at radius 1 is 1.00 bits per heavy atom. The van der Waals surface area contributed by atoms with Crippen molar-refractivity contribution in [2.75, 3.05) is 0 Å². The van der Waals surface area contributed by atoms with E-state index in [1.165, 1.54) is 24.3 Å². The van der Waals surface area contributed by atoms with Crippen molar-refractivity contribution >= 4 is 61.4 Å². The third-order valence-electron chi connectivity index (χ3n) is 3.76. The monoisotopic (exact) mass is 439 g/mol. The van der Waals surface area contributed by atoms with Gasteiger partial charge in [-0.25, -0.2) is 18.2 Å². The summed E-state index contributed by atoms with van der Waals surface area (Å²) in [7, 11) is -3.90. The number of hydrogen-bond acceptors (Lipinski definition) is 3. The molecule has 0 aliphatic rings. The molecule has 11 heteroatoms. The minimum absolute atomic E-state index is 0. The van der Waals surface area contributed by atoms with Crippen LogP contribution in [-0.2, 0) is 16.2 Å². The molecule has 0 unspecified atom stereocenters. The summed E-state index contributed by atoms with van der Waals surface area (Å²) in [6.45, 7) is 1.87. The van der Waals surface area contributed by atoms with Crippen LogP contribution in [0.2, 0.25) is 0 Å². The molecule has 0 atom stereocenters. The van der Waals surface area contributed by atoms with Crippen LogP contribution in [0.1, 0.15) is 11.3 Å². The van der Waals surface area contributed by atoms with Crippen molar-refractivity contribution in [2.24, 2.45) is 5.14 Å². The first-order chi connectivity index (χ1) is 12.1. The quantitative estimate of drug-likeness (QED) is 0.631. The van der Waals surface area contributed by atoms with Crippen molar-refractivity contribution in [3.8, 4) is 16.9 Å². The molecule has 0 bridgehead atoms. The number of nitrogens with zero attached hydrogens (tertiary/aromatic N) is 2. The van der Waals surface area contributed by atoms with Crippen LogP contribution in [0, 0.1) is 6.92 Å². The Kier molecular flexibility index (Phi) is 8.19. The average Bonchev–Trinajstić information content (AvgIpc) is 3.00. The maximum atomic E-state index is 13.1. The molecular weight excluding hydrogens is 422 g/mol. The van der Waals surface area contributed by atoms with E-state index < -0.39 is 21.9 Å². The number of aromatic nitrogens is 2. The number of sulfonamides is 1. The first-order valence-electron chi connectivity index (χ1n) is 7.43. The molecule has 0 aliphatic carbocycles. The number of alkyl halides is 3. The molecule has 2 aromatic carbocycles. The normalized spacial score (nSPS) is 11.5. The number of primary sulfonamides is 1. The van der Waals surface area contributed by atoms with Crippen LogP contribution < -0.4 is 5.14 Å². The van der Waals surface area contributed by atoms with E-state index in [2.05, 4.69) is 5.10 Å². The van der Waals surface area contributed by atoms with Crippen molar-refractivity contribution in [1.82, 2.24) is 9.78 Å². The Labute approximate surface area is 202 Å². The minimum atomic E-state index is -4.61. The number of nitrogens with two attached hydrogens (primary N) is 1. The second kappa shape index (κ2) is 9.18. The van der Waals surface area contributed by atoms with Gasteiger partial charge >= 0.3 is 57.6 Å². The molecule has 28 heavy (non-hydrogen) atoms. The van der Waals surface area contributed by atoms with E-state index in [4.69, 9.17) is 5.14 Å². The van der Waals surface area contributed by atoms with Crippen LogP contribution in [0.4, 0.5) is 13.2 Å². The number of benzene rings is 2. The maximum absolute atomic E-state index is 13.1. The molecule has 1 heterocycles. The van der Waals surface area contributed by atoms with Gasteiger partial charge < -0.3 is 5.48 Å². The molecular formula is C17H17F3KN3O3S. The molecule has 0 radical (unpaired) electrons. The van der Waals surface area contributed by atoms with Gasteiger partial charge in [0.2, 0.25) is 10.0 Å². The summed E-state index contributed by atoms with van der Waals surface area (Å²) >= 11 is 0. The third kappa shape index (κ3) is 5.51. The molecule has 3 rings (SSSR count). The van der Waals surface area contributed by atoms with Gasteiger partial charge in [-0.1, -0.05) is 29.8 Å². The number of halogens is 3. The Hall–Kier alpha value is -1.05. The van der Waals surface area contributed by atoms with Gasteiger partial charge in [-0.05, 0) is 37.3 Å². The molecule has 0 aliphatic heterocycles. The van der Waals surface area contributed by atoms with E-state index in [0.29, 0.717) is 5.56 Å². The molecule has 6 nitrogen and oxygen atoms in total. The van der Waals surface area contributed by atoms with E-state index in [0.717, 1.165) is 16.3 Å². The van der Waals surface area contributed by atoms with Gasteiger partial charge in [-0.2, -0.15) is 18.3 Å². The number of aryl methyl sites for hydroxylation is 1. The van der Waals surface area contributed by atoms with E-state index in [9.17, 15) is 21.6 Å². The number of hydrogen-bond donors (Lipinski definition) is 1. The van der Waals surface area contributed by atoms with Gasteiger partial charge in [0.15, 0.2) is 5.69 Å². The van der Waals surface area contributed by atoms with Gasteiger partial charge in [0, 0.05) is 5.56 Å². The SMILES string of the molecule is Cc1ccc(-c2cc(C(F)(F)F)nn2-c2ccc(S(N)(=O)=O)cc2)cc1.O.[KH]. The Bertz CT molecular complexity index is 1050. The van der Waals surface area contributed by atoms with Crippen LogP contribution >= 0.6 is 0 Å². The van der Waals surface area contributed by atoms with Crippen molar-refractivity contribution in [3.05, 3.63) is 65.9 Å². The Morgan fingerprint density at radius 2 is 1.54 bits per heavy atom. The van der Waals surface area contributed by atoms with E-state index >= 15 is 0 Å². The van der Waals surface area contributed by atoms with Gasteiger partial charge in [0.05, 0.1) is 16.3 Å². The first kappa shape index (κ1) is 25.0. The second-order valence-corrected chi connectivity index (χ2v) is 7.29. The topological polar surface area (TPSA) is 109 Å². The fraction of sp³-hybridized carbons (Fsp3) is 0.118. The summed E-state index contributed by atoms with van der Waals surface area (Å²) in [6.07, 6.45) is -4.61. The molecule has 3 aromatic rings. The van der Waals surface area contributed by atoms with E-state index in [-0.39, 0.29) is 73.1 Å². The predicted octanol–water partition coefficient (Wildman–Crippen LogP) is 2.04. The summed E-state index contributed by atoms with van der Waals surface area (Å²) in [6, 6.07) is 13.1. The molecule has 4 N–H and O–H groups in total. The van der Waals surface area contributed by atoms with Crippen LogP contribution in [0.25, 0.3) is 16.9 Å². The van der Waals surface area contributed by atoms with Gasteiger partial charge in [-0.15, -0.1) is 0 Å². The molecule has 0 saturated heterocycles. The molecule has 0 saturated carbocycles. The van der Waals surface area contributed by atoms with Crippen molar-refractivity contribution in [1.29, 1.82) is 0 Å². The molecule has 0 spiro atoms. The first-order valence-corrected chi connectivity index (χ1v) is 8.98. The molecule has 0 fully saturated rings. The summed E-state index contributed by atoms with van der Waals surface area (Å²) in [5.74, 6) is 0. The molecule has 0 amide bonds. The standard InChI is InChI=1S/C17H14F3N3O2S.K.H2O.H/c1-11-2-4-12(5-3-11)15-10-16(17(18,19)20)22-23(15)13-6-8-14(9-7-13)26(21,24)25;;;/h2-10H,1H3,(H2,21,24,25);;1H2;. The summed E-state index contributed by atoms with van der Waals surface area (Å²) < 4.78 is 63.2. The van der Waals surface area contributed by atoms with Crippen LogP contribution in [-0.4, -0.2) is 75.1 Å². The Morgan fingerprint density at radius 3 is 2.00 bits per heavy atom. The van der Waals surface area contributed by atoms with E-state index in [1.54, 1.807) is 24.3 Å². The summed E-state index contributed by atoms with van der Waals surface area (Å²) in [5, 5.41) is 8.70. The second-order valence-electron chi connectivity index (χ2n) is 5.73. The van der Waals surface area contributed by atoms with Crippen molar-refractivity contribution < 1.29 is 27.1 Å². The third-order valence-corrected chi connectivity index (χ3v) is 4.69. The summed E-state index contributed by atoms with van der Waals surface area (Å²) in [4.78, 5) is -0.138. The van der Waals surface area contributed by atoms with E-state index in [1.807, 2.05) is 6.92 Å². The van der Waals surface area contributed by atoms with Gasteiger partial charge in [0.25, 0.3) is 0 Å². The van der Waals surface area contributed by atoms with Crippen molar-refractivity contribution in [3.63, 3.8) is 0 Å².